The average Bonchev–Trinajstić information content (AvgIpc) is 3.22. The van der Waals surface area contributed by atoms with Gasteiger partial charge in [-0.15, -0.1) is 0 Å². The van der Waals surface area contributed by atoms with E-state index in [0.29, 0.717) is 12.1 Å². The summed E-state index contributed by atoms with van der Waals surface area (Å²) >= 11 is 0. The number of nitro groups is 1. The molecule has 32 heavy (non-hydrogen) atoms. The van der Waals surface area contributed by atoms with E-state index in [4.69, 9.17) is 0 Å². The van der Waals surface area contributed by atoms with Gasteiger partial charge in [0.1, 0.15) is 5.69 Å². The van der Waals surface area contributed by atoms with Crippen LogP contribution in [0.2, 0.25) is 0 Å². The van der Waals surface area contributed by atoms with Gasteiger partial charge >= 0.3 is 12.4 Å². The van der Waals surface area contributed by atoms with Crippen molar-refractivity contribution >= 4 is 17.3 Å². The number of benzene rings is 2. The average molecular weight is 459 g/mol. The number of hydrogen-bond acceptors (Lipinski definition) is 5. The maximum Gasteiger partial charge on any atom is 0.435 e. The van der Waals surface area contributed by atoms with E-state index in [1.54, 1.807) is 0 Å². The highest BCUT2D eigenvalue weighted by Crippen LogP contribution is 2.34. The van der Waals surface area contributed by atoms with Crippen LogP contribution in [0.5, 0.6) is 0 Å². The van der Waals surface area contributed by atoms with Crippen molar-refractivity contribution in [3.8, 4) is 5.69 Å². The van der Waals surface area contributed by atoms with Gasteiger partial charge in [-0.2, -0.15) is 31.4 Å². The Bertz CT molecular complexity index is 1160. The van der Waals surface area contributed by atoms with Crippen molar-refractivity contribution in [1.82, 2.24) is 15.2 Å². The summed E-state index contributed by atoms with van der Waals surface area (Å²) in [5, 5.41) is 14.4. The van der Waals surface area contributed by atoms with E-state index >= 15 is 0 Å². The maximum atomic E-state index is 12.7. The number of nitrogens with zero attached hydrogens (tertiary/aromatic N) is 3. The zero-order chi connectivity index (χ0) is 23.7. The molecule has 3 aromatic rings. The molecule has 3 rings (SSSR count). The summed E-state index contributed by atoms with van der Waals surface area (Å²) < 4.78 is 77.1. The van der Waals surface area contributed by atoms with Gasteiger partial charge in [0.15, 0.2) is 5.69 Å². The first-order valence-electron chi connectivity index (χ1n) is 8.51. The number of nitro benzene ring substituents is 1. The number of carbonyl (C=O) groups excluding carboxylic acids is 1. The molecule has 8 nitrogen and oxygen atoms in total. The number of hydrazine groups is 1. The largest absolute Gasteiger partial charge is 0.435 e. The molecule has 0 bridgehead atoms. The van der Waals surface area contributed by atoms with Crippen LogP contribution in [0.1, 0.15) is 21.6 Å². The lowest BCUT2D eigenvalue weighted by Crippen LogP contribution is -2.29. The molecule has 0 saturated heterocycles. The third kappa shape index (κ3) is 4.96. The van der Waals surface area contributed by atoms with Crippen LogP contribution in [-0.4, -0.2) is 20.6 Å². The third-order valence-corrected chi connectivity index (χ3v) is 4.11. The highest BCUT2D eigenvalue weighted by Gasteiger charge is 2.34. The molecule has 2 aromatic carbocycles. The number of halogens is 6. The highest BCUT2D eigenvalue weighted by molar-refractivity contribution is 5.95. The van der Waals surface area contributed by atoms with Gasteiger partial charge in [-0.1, -0.05) is 0 Å². The van der Waals surface area contributed by atoms with Crippen molar-refractivity contribution in [2.75, 3.05) is 5.43 Å². The minimum absolute atomic E-state index is 0.0130. The summed E-state index contributed by atoms with van der Waals surface area (Å²) in [6, 6.07) is 7.62. The Hall–Kier alpha value is -4.10. The Balaban J connectivity index is 1.72. The summed E-state index contributed by atoms with van der Waals surface area (Å²) in [6.45, 7) is 0. The monoisotopic (exact) mass is 459 g/mol. The molecule has 2 N–H and O–H groups in total. The Labute approximate surface area is 174 Å². The number of carbonyl (C=O) groups is 1. The molecule has 0 saturated carbocycles. The van der Waals surface area contributed by atoms with Crippen molar-refractivity contribution in [1.29, 1.82) is 0 Å². The lowest BCUT2D eigenvalue weighted by Gasteiger charge is -2.11. The number of nitrogens with one attached hydrogen (secondary N) is 2. The minimum atomic E-state index is -4.79. The van der Waals surface area contributed by atoms with Crippen LogP contribution in [-0.2, 0) is 12.4 Å². The van der Waals surface area contributed by atoms with Gasteiger partial charge < -0.3 is 0 Å². The lowest BCUT2D eigenvalue weighted by atomic mass is 10.1. The number of hydrogen-bond donors (Lipinski definition) is 2. The standard InChI is InChI=1S/C18H11F6N5O3/c19-17(20,21)11-3-6-13(14(9-11)29(31)32)25-26-16(30)10-1-4-12(5-2-10)28-8-7-15(27-28)18(22,23)24/h1-9,25H,(H,26,30). The normalized spacial score (nSPS) is 11.8. The summed E-state index contributed by atoms with van der Waals surface area (Å²) in [5.41, 5.74) is 0.910. The van der Waals surface area contributed by atoms with Crippen LogP contribution < -0.4 is 10.9 Å². The molecule has 0 aliphatic heterocycles. The van der Waals surface area contributed by atoms with Gasteiger partial charge in [0, 0.05) is 17.8 Å². The second kappa shape index (κ2) is 8.20. The predicted octanol–water partition coefficient (Wildman–Crippen LogP) is 4.58. The fourth-order valence-electron chi connectivity index (χ4n) is 2.55. The minimum Gasteiger partial charge on any atom is -0.292 e. The Morgan fingerprint density at radius 1 is 0.969 bits per heavy atom. The Morgan fingerprint density at radius 3 is 2.16 bits per heavy atom. The number of aromatic nitrogens is 2. The first-order valence-corrected chi connectivity index (χ1v) is 8.51. The van der Waals surface area contributed by atoms with E-state index in [-0.39, 0.29) is 16.9 Å². The van der Waals surface area contributed by atoms with Crippen molar-refractivity contribution < 1.29 is 36.1 Å². The first-order chi connectivity index (χ1) is 14.9. The van der Waals surface area contributed by atoms with Crippen molar-refractivity contribution in [2.24, 2.45) is 0 Å². The third-order valence-electron chi connectivity index (χ3n) is 4.11. The summed E-state index contributed by atoms with van der Waals surface area (Å²) in [5.74, 6) is -0.804. The second-order valence-corrected chi connectivity index (χ2v) is 6.26. The number of amides is 1. The molecule has 0 unspecified atom stereocenters. The van der Waals surface area contributed by atoms with Crippen LogP contribution >= 0.6 is 0 Å². The Morgan fingerprint density at radius 2 is 1.62 bits per heavy atom. The summed E-state index contributed by atoms with van der Waals surface area (Å²) in [6.07, 6.45) is -8.31. The molecule has 1 amide bonds. The van der Waals surface area contributed by atoms with E-state index in [2.05, 4.69) is 16.0 Å². The van der Waals surface area contributed by atoms with E-state index < -0.39 is 40.1 Å². The molecule has 168 valence electrons. The van der Waals surface area contributed by atoms with E-state index in [0.717, 1.165) is 23.0 Å². The zero-order valence-corrected chi connectivity index (χ0v) is 15.5. The zero-order valence-electron chi connectivity index (χ0n) is 15.5. The molecule has 1 aromatic heterocycles. The molecular weight excluding hydrogens is 448 g/mol. The molecule has 0 aliphatic rings. The van der Waals surface area contributed by atoms with Gasteiger partial charge in [0.2, 0.25) is 0 Å². The topological polar surface area (TPSA) is 102 Å². The second-order valence-electron chi connectivity index (χ2n) is 6.26. The summed E-state index contributed by atoms with van der Waals surface area (Å²) in [7, 11) is 0. The molecular formula is C18H11F6N5O3. The van der Waals surface area contributed by atoms with Gasteiger partial charge in [-0.25, -0.2) is 4.68 Å². The first kappa shape index (κ1) is 22.6. The molecule has 0 aliphatic carbocycles. The quantitative estimate of drug-likeness (QED) is 0.331. The smallest absolute Gasteiger partial charge is 0.292 e. The van der Waals surface area contributed by atoms with Gasteiger partial charge in [0.25, 0.3) is 11.6 Å². The fourth-order valence-corrected chi connectivity index (χ4v) is 2.55. The fraction of sp³-hybridized carbons (Fsp3) is 0.111. The van der Waals surface area contributed by atoms with Crippen LogP contribution in [0.15, 0.2) is 54.7 Å². The van der Waals surface area contributed by atoms with Crippen molar-refractivity contribution in [3.63, 3.8) is 0 Å². The van der Waals surface area contributed by atoms with Crippen LogP contribution in [0, 0.1) is 10.1 Å². The number of rotatable bonds is 5. The van der Waals surface area contributed by atoms with E-state index in [9.17, 15) is 41.3 Å². The van der Waals surface area contributed by atoms with Crippen LogP contribution in [0.4, 0.5) is 37.7 Å². The highest BCUT2D eigenvalue weighted by atomic mass is 19.4. The Kier molecular flexibility index (Phi) is 5.79. The molecule has 14 heteroatoms. The lowest BCUT2D eigenvalue weighted by molar-refractivity contribution is -0.384. The molecule has 0 radical (unpaired) electrons. The molecule has 0 spiro atoms. The predicted molar refractivity (Wildman–Crippen MR) is 97.8 cm³/mol. The van der Waals surface area contributed by atoms with Crippen LogP contribution in [0.3, 0.4) is 0 Å². The molecule has 0 atom stereocenters. The number of anilines is 1. The van der Waals surface area contributed by atoms with E-state index in [1.165, 1.54) is 24.3 Å². The summed E-state index contributed by atoms with van der Waals surface area (Å²) in [4.78, 5) is 22.2. The van der Waals surface area contributed by atoms with Gasteiger partial charge in [0.05, 0.1) is 16.2 Å². The van der Waals surface area contributed by atoms with Crippen LogP contribution in [0.25, 0.3) is 5.69 Å². The van der Waals surface area contributed by atoms with Gasteiger partial charge in [-0.3, -0.25) is 25.8 Å². The number of alkyl halides is 6. The van der Waals surface area contributed by atoms with Crippen molar-refractivity contribution in [3.05, 3.63) is 81.7 Å². The maximum absolute atomic E-state index is 12.7. The van der Waals surface area contributed by atoms with Gasteiger partial charge in [-0.05, 0) is 42.5 Å². The van der Waals surface area contributed by atoms with Crippen molar-refractivity contribution in [2.45, 2.75) is 12.4 Å². The molecule has 1 heterocycles. The van der Waals surface area contributed by atoms with E-state index in [1.807, 2.05) is 0 Å². The SMILES string of the molecule is O=C(NNc1ccc(C(F)(F)F)cc1[N+](=O)[O-])c1ccc(-n2ccc(C(F)(F)F)n2)cc1. The molecule has 0 fully saturated rings.